The van der Waals surface area contributed by atoms with Crippen molar-refractivity contribution < 1.29 is 8.94 Å². The minimum absolute atomic E-state index is 0.217. The molecule has 0 saturated carbocycles. The number of allylic oxidation sites excluding steroid dienone is 1. The summed E-state index contributed by atoms with van der Waals surface area (Å²) < 4.78 is 11.4. The van der Waals surface area contributed by atoms with Crippen molar-refractivity contribution in [3.63, 3.8) is 0 Å². The van der Waals surface area contributed by atoms with Gasteiger partial charge in [0.2, 0.25) is 5.82 Å². The van der Waals surface area contributed by atoms with Gasteiger partial charge in [0.1, 0.15) is 5.76 Å². The van der Waals surface area contributed by atoms with Gasteiger partial charge in [-0.05, 0) is 55.2 Å². The van der Waals surface area contributed by atoms with Crippen LogP contribution in [-0.2, 0) is 6.54 Å². The van der Waals surface area contributed by atoms with Crippen LogP contribution >= 0.6 is 24.0 Å². The fraction of sp³-hybridized carbons (Fsp3) is 0.160. The molecule has 0 aliphatic carbocycles. The van der Waals surface area contributed by atoms with Crippen molar-refractivity contribution in [3.05, 3.63) is 95.9 Å². The Morgan fingerprint density at radius 3 is 2.55 bits per heavy atom. The molecule has 6 nitrogen and oxygen atoms in total. The Bertz CT molecular complexity index is 1280. The van der Waals surface area contributed by atoms with Gasteiger partial charge in [0.05, 0.1) is 24.4 Å². The molecule has 1 atom stereocenters. The van der Waals surface area contributed by atoms with Gasteiger partial charge >= 0.3 is 0 Å². The summed E-state index contributed by atoms with van der Waals surface area (Å²) in [5, 5.41) is 8.35. The quantitative estimate of drug-likeness (QED) is 0.273. The lowest BCUT2D eigenvalue weighted by Gasteiger charge is -2.37. The molecule has 0 amide bonds. The molecule has 5 rings (SSSR count). The maximum Gasteiger partial charge on any atom is 0.258 e. The smallest absolute Gasteiger partial charge is 0.258 e. The van der Waals surface area contributed by atoms with E-state index in [-0.39, 0.29) is 6.04 Å². The standard InChI is InChI=1S/C25H22N4O2S2/c1-16-21(24-27-23(28-31-24)18-7-4-3-5-8-18)22(17-10-12-20(33-2)13-11-17)26-25(32)29(16)15-19-9-6-14-30-19/h3-14,22H,15H2,1-2H3,(H,26,32). The molecule has 2 aromatic carbocycles. The molecule has 33 heavy (non-hydrogen) atoms. The normalized spacial score (nSPS) is 16.2. The largest absolute Gasteiger partial charge is 0.467 e. The summed E-state index contributed by atoms with van der Waals surface area (Å²) in [7, 11) is 0. The predicted octanol–water partition coefficient (Wildman–Crippen LogP) is 5.91. The van der Waals surface area contributed by atoms with Crippen molar-refractivity contribution in [1.82, 2.24) is 20.4 Å². The highest BCUT2D eigenvalue weighted by Gasteiger charge is 2.34. The number of rotatable bonds is 6. The number of hydrogen-bond acceptors (Lipinski definition) is 6. The Labute approximate surface area is 201 Å². The average Bonchev–Trinajstić information content (AvgIpc) is 3.54. The molecule has 0 fully saturated rings. The molecule has 0 spiro atoms. The molecule has 2 aromatic heterocycles. The van der Waals surface area contributed by atoms with Crippen LogP contribution in [0.1, 0.15) is 30.2 Å². The molecule has 1 aliphatic rings. The van der Waals surface area contributed by atoms with E-state index < -0.39 is 0 Å². The number of nitrogens with one attached hydrogen (secondary N) is 1. The molecule has 1 N–H and O–H groups in total. The molecule has 0 saturated heterocycles. The molecule has 166 valence electrons. The summed E-state index contributed by atoms with van der Waals surface area (Å²) in [6, 6.07) is 21.8. The van der Waals surface area contributed by atoms with E-state index in [0.29, 0.717) is 23.4 Å². The molecule has 0 bridgehead atoms. The van der Waals surface area contributed by atoms with Crippen LogP contribution in [0.5, 0.6) is 0 Å². The number of benzene rings is 2. The Balaban J connectivity index is 1.59. The minimum Gasteiger partial charge on any atom is -0.467 e. The Morgan fingerprint density at radius 1 is 1.06 bits per heavy atom. The zero-order valence-electron chi connectivity index (χ0n) is 18.2. The van der Waals surface area contributed by atoms with Crippen LogP contribution in [0, 0.1) is 0 Å². The van der Waals surface area contributed by atoms with Gasteiger partial charge < -0.3 is 19.2 Å². The maximum absolute atomic E-state index is 5.79. The fourth-order valence-corrected chi connectivity index (χ4v) is 4.62. The predicted molar refractivity (Wildman–Crippen MR) is 133 cm³/mol. The van der Waals surface area contributed by atoms with Crippen molar-refractivity contribution in [3.8, 4) is 11.4 Å². The van der Waals surface area contributed by atoms with Crippen LogP contribution in [0.3, 0.4) is 0 Å². The van der Waals surface area contributed by atoms with E-state index in [9.17, 15) is 0 Å². The minimum atomic E-state index is -0.217. The summed E-state index contributed by atoms with van der Waals surface area (Å²) in [5.41, 5.74) is 3.80. The van der Waals surface area contributed by atoms with Crippen molar-refractivity contribution in [2.75, 3.05) is 6.26 Å². The summed E-state index contributed by atoms with van der Waals surface area (Å²) in [6.45, 7) is 2.53. The molecular formula is C25H22N4O2S2. The van der Waals surface area contributed by atoms with E-state index in [2.05, 4.69) is 41.0 Å². The molecule has 3 heterocycles. The van der Waals surface area contributed by atoms with Crippen LogP contribution in [0.15, 0.2) is 92.5 Å². The van der Waals surface area contributed by atoms with Crippen LogP contribution < -0.4 is 5.32 Å². The zero-order valence-corrected chi connectivity index (χ0v) is 19.8. The Morgan fingerprint density at radius 2 is 1.85 bits per heavy atom. The van der Waals surface area contributed by atoms with Gasteiger partial charge in [-0.25, -0.2) is 0 Å². The number of furan rings is 1. The van der Waals surface area contributed by atoms with Gasteiger partial charge in [0, 0.05) is 16.2 Å². The third kappa shape index (κ3) is 4.31. The van der Waals surface area contributed by atoms with E-state index in [1.165, 1.54) is 4.90 Å². The number of hydrogen-bond donors (Lipinski definition) is 1. The fourth-order valence-electron chi connectivity index (χ4n) is 3.89. The first-order chi connectivity index (χ1) is 16.1. The van der Waals surface area contributed by atoms with Gasteiger partial charge in [-0.1, -0.05) is 47.6 Å². The van der Waals surface area contributed by atoms with Crippen molar-refractivity contribution >= 4 is 34.7 Å². The number of nitrogens with zero attached hydrogens (tertiary/aromatic N) is 3. The van der Waals surface area contributed by atoms with Crippen LogP contribution in [0.25, 0.3) is 17.0 Å². The number of thiocarbonyl (C=S) groups is 1. The van der Waals surface area contributed by atoms with Crippen LogP contribution in [0.2, 0.25) is 0 Å². The Hall–Kier alpha value is -3.36. The summed E-state index contributed by atoms with van der Waals surface area (Å²) in [6.07, 6.45) is 3.73. The van der Waals surface area contributed by atoms with E-state index in [0.717, 1.165) is 28.2 Å². The highest BCUT2D eigenvalue weighted by molar-refractivity contribution is 7.98. The lowest BCUT2D eigenvalue weighted by molar-refractivity contribution is 0.382. The Kier molecular flexibility index (Phi) is 6.02. The monoisotopic (exact) mass is 474 g/mol. The number of thioether (sulfide) groups is 1. The van der Waals surface area contributed by atoms with E-state index in [4.69, 9.17) is 26.1 Å². The van der Waals surface area contributed by atoms with Gasteiger partial charge in [-0.3, -0.25) is 0 Å². The van der Waals surface area contributed by atoms with E-state index in [1.807, 2.05) is 54.3 Å². The highest BCUT2D eigenvalue weighted by Crippen LogP contribution is 2.38. The summed E-state index contributed by atoms with van der Waals surface area (Å²) >= 11 is 7.46. The number of aromatic nitrogens is 2. The molecule has 4 aromatic rings. The van der Waals surface area contributed by atoms with E-state index in [1.54, 1.807) is 18.0 Å². The lowest BCUT2D eigenvalue weighted by Crippen LogP contribution is -2.45. The van der Waals surface area contributed by atoms with Crippen LogP contribution in [-0.4, -0.2) is 26.4 Å². The molecule has 8 heteroatoms. The first-order valence-corrected chi connectivity index (χ1v) is 12.1. The zero-order chi connectivity index (χ0) is 22.8. The van der Waals surface area contributed by atoms with Gasteiger partial charge in [-0.2, -0.15) is 4.98 Å². The SMILES string of the molecule is CSc1ccc(C2NC(=S)N(Cc3ccco3)C(C)=C2c2nc(-c3ccccc3)no2)cc1. The average molecular weight is 475 g/mol. The molecule has 1 aliphatic heterocycles. The van der Waals surface area contributed by atoms with Crippen molar-refractivity contribution in [2.45, 2.75) is 24.4 Å². The first kappa shape index (κ1) is 21.5. The third-order valence-electron chi connectivity index (χ3n) is 5.63. The topological polar surface area (TPSA) is 67.3 Å². The molecule has 1 unspecified atom stereocenters. The van der Waals surface area contributed by atoms with E-state index >= 15 is 0 Å². The highest BCUT2D eigenvalue weighted by atomic mass is 32.2. The third-order valence-corrected chi connectivity index (χ3v) is 6.71. The summed E-state index contributed by atoms with van der Waals surface area (Å²) in [5.74, 6) is 1.83. The van der Waals surface area contributed by atoms with Crippen molar-refractivity contribution in [1.29, 1.82) is 0 Å². The first-order valence-electron chi connectivity index (χ1n) is 10.5. The van der Waals surface area contributed by atoms with Crippen LogP contribution in [0.4, 0.5) is 0 Å². The van der Waals surface area contributed by atoms with Crippen molar-refractivity contribution in [2.24, 2.45) is 0 Å². The molecular weight excluding hydrogens is 452 g/mol. The second kappa shape index (κ2) is 9.25. The lowest BCUT2D eigenvalue weighted by atomic mass is 9.95. The summed E-state index contributed by atoms with van der Waals surface area (Å²) in [4.78, 5) is 7.95. The van der Waals surface area contributed by atoms with Gasteiger partial charge in [0.15, 0.2) is 5.11 Å². The maximum atomic E-state index is 5.79. The second-order valence-corrected chi connectivity index (χ2v) is 8.88. The van der Waals surface area contributed by atoms with Gasteiger partial charge in [0.25, 0.3) is 5.89 Å². The second-order valence-electron chi connectivity index (χ2n) is 7.61. The van der Waals surface area contributed by atoms with Gasteiger partial charge in [-0.15, -0.1) is 11.8 Å². The molecule has 0 radical (unpaired) electrons.